The third kappa shape index (κ3) is 2.29. The molecule has 3 rings (SSSR count). The van der Waals surface area contributed by atoms with Gasteiger partial charge in [-0.05, 0) is 18.6 Å². The van der Waals surface area contributed by atoms with Crippen LogP contribution in [0.3, 0.4) is 0 Å². The lowest BCUT2D eigenvalue weighted by atomic mass is 10.2. The summed E-state index contributed by atoms with van der Waals surface area (Å²) in [5, 5.41) is 0. The van der Waals surface area contributed by atoms with Gasteiger partial charge in [0.25, 0.3) is 5.91 Å². The Morgan fingerprint density at radius 1 is 1.25 bits per heavy atom. The minimum atomic E-state index is -0.256. The zero-order valence-corrected chi connectivity index (χ0v) is 11.7. The molecule has 1 atom stereocenters. The minimum absolute atomic E-state index is 0.0696. The Morgan fingerprint density at radius 3 is 2.60 bits per heavy atom. The molecule has 5 nitrogen and oxygen atoms in total. The van der Waals surface area contributed by atoms with Crippen molar-refractivity contribution in [2.24, 2.45) is 4.99 Å². The second kappa shape index (κ2) is 5.63. The van der Waals surface area contributed by atoms with Crippen LogP contribution in [0.1, 0.15) is 13.3 Å². The minimum Gasteiger partial charge on any atom is -0.378 e. The van der Waals surface area contributed by atoms with Crippen molar-refractivity contribution in [2.75, 3.05) is 31.2 Å². The van der Waals surface area contributed by atoms with E-state index in [1.54, 1.807) is 4.90 Å². The van der Waals surface area contributed by atoms with E-state index in [0.717, 1.165) is 31.2 Å². The van der Waals surface area contributed by atoms with Crippen molar-refractivity contribution in [3.63, 3.8) is 0 Å². The molecule has 0 saturated carbocycles. The number of hydrogen-bond donors (Lipinski definition) is 0. The molecule has 1 saturated heterocycles. The number of rotatable bonds is 2. The van der Waals surface area contributed by atoms with Crippen LogP contribution in [0, 0.1) is 0 Å². The van der Waals surface area contributed by atoms with E-state index in [-0.39, 0.29) is 11.9 Å². The molecule has 1 fully saturated rings. The van der Waals surface area contributed by atoms with Crippen molar-refractivity contribution in [3.8, 4) is 0 Å². The summed E-state index contributed by atoms with van der Waals surface area (Å²) in [6.45, 7) is 4.94. The summed E-state index contributed by atoms with van der Waals surface area (Å²) in [7, 11) is 0. The van der Waals surface area contributed by atoms with Crippen molar-refractivity contribution in [1.82, 2.24) is 4.90 Å². The molecule has 1 amide bonds. The van der Waals surface area contributed by atoms with Crippen LogP contribution < -0.4 is 4.90 Å². The number of anilines is 1. The Balaban J connectivity index is 1.93. The van der Waals surface area contributed by atoms with Crippen LogP contribution in [0.2, 0.25) is 0 Å². The van der Waals surface area contributed by atoms with E-state index in [2.05, 4.69) is 9.89 Å². The maximum Gasteiger partial charge on any atom is 0.258 e. The molecule has 2 aliphatic heterocycles. The predicted molar refractivity (Wildman–Crippen MR) is 77.8 cm³/mol. The molecule has 1 aromatic carbocycles. The quantitative estimate of drug-likeness (QED) is 0.820. The van der Waals surface area contributed by atoms with Crippen LogP contribution in [-0.4, -0.2) is 49.1 Å². The number of carbonyl (C=O) groups excluding carboxylic acids is 1. The normalized spacial score (nSPS) is 23.1. The summed E-state index contributed by atoms with van der Waals surface area (Å²) in [6.07, 6.45) is 0.732. The van der Waals surface area contributed by atoms with Crippen LogP contribution in [0.4, 0.5) is 5.69 Å². The third-order valence-corrected chi connectivity index (χ3v) is 3.67. The van der Waals surface area contributed by atoms with E-state index in [1.807, 2.05) is 37.3 Å². The van der Waals surface area contributed by atoms with Crippen LogP contribution in [0.25, 0.3) is 0 Å². The van der Waals surface area contributed by atoms with E-state index < -0.39 is 0 Å². The van der Waals surface area contributed by atoms with Gasteiger partial charge in [-0.2, -0.15) is 0 Å². The SMILES string of the molecule is CCC1N=C(N2CCOCC2)N(c2ccccc2)C1=O. The Hall–Kier alpha value is -1.88. The Kier molecular flexibility index (Phi) is 3.69. The third-order valence-electron chi connectivity index (χ3n) is 3.67. The highest BCUT2D eigenvalue weighted by Crippen LogP contribution is 2.24. The number of ether oxygens (including phenoxy) is 1. The molecule has 1 aromatic rings. The highest BCUT2D eigenvalue weighted by molar-refractivity contribution is 6.21. The monoisotopic (exact) mass is 273 g/mol. The van der Waals surface area contributed by atoms with Crippen molar-refractivity contribution < 1.29 is 9.53 Å². The van der Waals surface area contributed by atoms with Crippen LogP contribution in [0.15, 0.2) is 35.3 Å². The number of benzene rings is 1. The van der Waals surface area contributed by atoms with Crippen LogP contribution in [0.5, 0.6) is 0 Å². The highest BCUT2D eigenvalue weighted by atomic mass is 16.5. The molecule has 20 heavy (non-hydrogen) atoms. The topological polar surface area (TPSA) is 45.1 Å². The molecule has 0 N–H and O–H groups in total. The lowest BCUT2D eigenvalue weighted by Gasteiger charge is -2.32. The Labute approximate surface area is 118 Å². The maximum absolute atomic E-state index is 12.5. The molecule has 0 aromatic heterocycles. The zero-order chi connectivity index (χ0) is 13.9. The fraction of sp³-hybridized carbons (Fsp3) is 0.467. The lowest BCUT2D eigenvalue weighted by molar-refractivity contribution is -0.118. The number of carbonyl (C=O) groups is 1. The molecule has 106 valence electrons. The highest BCUT2D eigenvalue weighted by Gasteiger charge is 2.37. The number of guanidine groups is 1. The van der Waals surface area contributed by atoms with E-state index in [0.29, 0.717) is 13.2 Å². The first-order valence-electron chi connectivity index (χ1n) is 7.10. The number of hydrogen-bond acceptors (Lipinski definition) is 4. The molecule has 2 heterocycles. The summed E-state index contributed by atoms with van der Waals surface area (Å²) < 4.78 is 5.38. The average molecular weight is 273 g/mol. The van der Waals surface area contributed by atoms with Gasteiger partial charge in [0, 0.05) is 13.1 Å². The molecule has 5 heteroatoms. The largest absolute Gasteiger partial charge is 0.378 e. The average Bonchev–Trinajstić information content (AvgIpc) is 2.86. The number of morpholine rings is 1. The molecule has 0 bridgehead atoms. The van der Waals surface area contributed by atoms with Gasteiger partial charge in [-0.3, -0.25) is 4.79 Å². The van der Waals surface area contributed by atoms with Crippen LogP contribution >= 0.6 is 0 Å². The number of nitrogens with zero attached hydrogens (tertiary/aromatic N) is 3. The number of para-hydroxylation sites is 1. The van der Waals surface area contributed by atoms with Gasteiger partial charge >= 0.3 is 0 Å². The molecule has 2 aliphatic rings. The van der Waals surface area contributed by atoms with E-state index in [9.17, 15) is 4.79 Å². The van der Waals surface area contributed by atoms with Crippen LogP contribution in [-0.2, 0) is 9.53 Å². The lowest BCUT2D eigenvalue weighted by Crippen LogP contribution is -2.49. The van der Waals surface area contributed by atoms with Crippen molar-refractivity contribution in [1.29, 1.82) is 0 Å². The molecule has 0 spiro atoms. The number of amides is 1. The predicted octanol–water partition coefficient (Wildman–Crippen LogP) is 1.50. The summed E-state index contributed by atoms with van der Waals surface area (Å²) >= 11 is 0. The van der Waals surface area contributed by atoms with Gasteiger partial charge < -0.3 is 9.64 Å². The Morgan fingerprint density at radius 2 is 1.95 bits per heavy atom. The van der Waals surface area contributed by atoms with Crippen molar-refractivity contribution in [2.45, 2.75) is 19.4 Å². The molecular formula is C15H19N3O2. The molecule has 1 unspecified atom stereocenters. The summed E-state index contributed by atoms with van der Waals surface area (Å²) in [5.41, 5.74) is 0.888. The number of aliphatic imine (C=N–C) groups is 1. The van der Waals surface area contributed by atoms with E-state index >= 15 is 0 Å². The Bertz CT molecular complexity index is 509. The van der Waals surface area contributed by atoms with Gasteiger partial charge in [-0.25, -0.2) is 9.89 Å². The van der Waals surface area contributed by atoms with Gasteiger partial charge in [0.15, 0.2) is 0 Å². The molecule has 0 radical (unpaired) electrons. The van der Waals surface area contributed by atoms with E-state index in [1.165, 1.54) is 0 Å². The van der Waals surface area contributed by atoms with Gasteiger partial charge in [0.05, 0.1) is 18.9 Å². The van der Waals surface area contributed by atoms with Gasteiger partial charge in [-0.1, -0.05) is 25.1 Å². The smallest absolute Gasteiger partial charge is 0.258 e. The molecular weight excluding hydrogens is 254 g/mol. The fourth-order valence-corrected chi connectivity index (χ4v) is 2.57. The first kappa shape index (κ1) is 13.1. The second-order valence-corrected chi connectivity index (χ2v) is 4.96. The molecule has 0 aliphatic carbocycles. The fourth-order valence-electron chi connectivity index (χ4n) is 2.57. The van der Waals surface area contributed by atoms with Gasteiger partial charge in [0.1, 0.15) is 6.04 Å². The second-order valence-electron chi connectivity index (χ2n) is 4.96. The summed E-state index contributed by atoms with van der Waals surface area (Å²) in [5.74, 6) is 0.844. The van der Waals surface area contributed by atoms with Crippen molar-refractivity contribution in [3.05, 3.63) is 30.3 Å². The first-order chi connectivity index (χ1) is 9.81. The zero-order valence-electron chi connectivity index (χ0n) is 11.7. The van der Waals surface area contributed by atoms with E-state index in [4.69, 9.17) is 4.74 Å². The standard InChI is InChI=1S/C15H19N3O2/c1-2-13-14(19)18(12-6-4-3-5-7-12)15(16-13)17-8-10-20-11-9-17/h3-7,13H,2,8-11H2,1H3. The summed E-state index contributed by atoms with van der Waals surface area (Å²) in [4.78, 5) is 21.1. The van der Waals surface area contributed by atoms with Crippen molar-refractivity contribution >= 4 is 17.6 Å². The maximum atomic E-state index is 12.5. The van der Waals surface area contributed by atoms with Gasteiger partial charge in [-0.15, -0.1) is 0 Å². The first-order valence-corrected chi connectivity index (χ1v) is 7.10. The summed E-state index contributed by atoms with van der Waals surface area (Å²) in [6, 6.07) is 9.48. The van der Waals surface area contributed by atoms with Gasteiger partial charge in [0.2, 0.25) is 5.96 Å².